The maximum Gasteiger partial charge on any atom is 0.133 e. The molecule has 2 nitrogen and oxygen atoms in total. The molecular weight excluding hydrogens is 174 g/mol. The number of para-hydroxylation sites is 1. The standard InChI is InChI=1S/C12H15NO/c14-12-7-6-10(8-12)9-13-11-4-2-1-3-5-11/h1-5,10,13H,6-9H2. The quantitative estimate of drug-likeness (QED) is 0.791. The van der Waals surface area contributed by atoms with Crippen LogP contribution in [-0.4, -0.2) is 12.3 Å². The third-order valence-electron chi connectivity index (χ3n) is 2.72. The van der Waals surface area contributed by atoms with Gasteiger partial charge in [-0.25, -0.2) is 0 Å². The molecule has 0 aliphatic heterocycles. The third kappa shape index (κ3) is 2.34. The number of nitrogens with one attached hydrogen (secondary N) is 1. The van der Waals surface area contributed by atoms with Gasteiger partial charge in [0.1, 0.15) is 5.78 Å². The van der Waals surface area contributed by atoms with Crippen LogP contribution in [0, 0.1) is 5.92 Å². The topological polar surface area (TPSA) is 29.1 Å². The Bertz CT molecular complexity index is 307. The van der Waals surface area contributed by atoms with Gasteiger partial charge < -0.3 is 5.32 Å². The first-order valence-corrected chi connectivity index (χ1v) is 5.15. The van der Waals surface area contributed by atoms with Crippen LogP contribution in [0.2, 0.25) is 0 Å². The molecule has 1 N–H and O–H groups in total. The highest BCUT2D eigenvalue weighted by molar-refractivity contribution is 5.80. The second-order valence-corrected chi connectivity index (χ2v) is 3.89. The molecule has 0 aromatic heterocycles. The number of hydrogen-bond donors (Lipinski definition) is 1. The zero-order valence-electron chi connectivity index (χ0n) is 8.20. The molecule has 0 saturated heterocycles. The molecule has 1 aromatic rings. The summed E-state index contributed by atoms with van der Waals surface area (Å²) in [6.45, 7) is 0.926. The summed E-state index contributed by atoms with van der Waals surface area (Å²) in [4.78, 5) is 11.0. The van der Waals surface area contributed by atoms with E-state index in [-0.39, 0.29) is 0 Å². The summed E-state index contributed by atoms with van der Waals surface area (Å²) in [5, 5.41) is 3.35. The lowest BCUT2D eigenvalue weighted by atomic mass is 10.1. The van der Waals surface area contributed by atoms with Gasteiger partial charge in [0, 0.05) is 25.1 Å². The highest BCUT2D eigenvalue weighted by Crippen LogP contribution is 2.22. The number of hydrogen-bond acceptors (Lipinski definition) is 2. The molecule has 1 aliphatic rings. The molecule has 0 radical (unpaired) electrons. The van der Waals surface area contributed by atoms with Crippen LogP contribution in [0.3, 0.4) is 0 Å². The van der Waals surface area contributed by atoms with Gasteiger partial charge in [-0.3, -0.25) is 4.79 Å². The minimum absolute atomic E-state index is 0.421. The molecule has 1 unspecified atom stereocenters. The first kappa shape index (κ1) is 9.25. The molecule has 1 aromatic carbocycles. The first-order valence-electron chi connectivity index (χ1n) is 5.15. The lowest BCUT2D eigenvalue weighted by Crippen LogP contribution is -2.11. The fourth-order valence-corrected chi connectivity index (χ4v) is 1.88. The van der Waals surface area contributed by atoms with Gasteiger partial charge in [0.05, 0.1) is 0 Å². The Balaban J connectivity index is 1.80. The Hall–Kier alpha value is -1.31. The molecule has 0 bridgehead atoms. The van der Waals surface area contributed by atoms with Crippen molar-refractivity contribution in [2.45, 2.75) is 19.3 Å². The van der Waals surface area contributed by atoms with Gasteiger partial charge in [-0.05, 0) is 24.5 Å². The van der Waals surface area contributed by atoms with Crippen LogP contribution >= 0.6 is 0 Å². The molecule has 2 rings (SSSR count). The molecule has 0 spiro atoms. The molecular formula is C12H15NO. The van der Waals surface area contributed by atoms with Gasteiger partial charge >= 0.3 is 0 Å². The zero-order chi connectivity index (χ0) is 9.80. The summed E-state index contributed by atoms with van der Waals surface area (Å²) >= 11 is 0. The summed E-state index contributed by atoms with van der Waals surface area (Å²) in [5.74, 6) is 0.965. The molecule has 14 heavy (non-hydrogen) atoms. The van der Waals surface area contributed by atoms with Crippen molar-refractivity contribution in [3.63, 3.8) is 0 Å². The maximum absolute atomic E-state index is 11.0. The van der Waals surface area contributed by atoms with Crippen molar-refractivity contribution < 1.29 is 4.79 Å². The number of Topliss-reactive ketones (excluding diaryl/α,β-unsaturated/α-hetero) is 1. The van der Waals surface area contributed by atoms with Crippen molar-refractivity contribution in [1.29, 1.82) is 0 Å². The van der Waals surface area contributed by atoms with E-state index in [0.29, 0.717) is 11.7 Å². The van der Waals surface area contributed by atoms with Crippen LogP contribution in [0.4, 0.5) is 5.69 Å². The van der Waals surface area contributed by atoms with Crippen LogP contribution in [-0.2, 0) is 4.79 Å². The van der Waals surface area contributed by atoms with Crippen molar-refractivity contribution in [3.8, 4) is 0 Å². The Kier molecular flexibility index (Phi) is 2.82. The number of anilines is 1. The largest absolute Gasteiger partial charge is 0.385 e. The van der Waals surface area contributed by atoms with Gasteiger partial charge in [-0.2, -0.15) is 0 Å². The van der Waals surface area contributed by atoms with E-state index < -0.39 is 0 Å². The molecule has 1 atom stereocenters. The average Bonchev–Trinajstić information content (AvgIpc) is 2.63. The molecule has 0 heterocycles. The summed E-state index contributed by atoms with van der Waals surface area (Å²) in [5.41, 5.74) is 1.15. The van der Waals surface area contributed by atoms with E-state index >= 15 is 0 Å². The number of rotatable bonds is 3. The van der Waals surface area contributed by atoms with Crippen LogP contribution in [0.5, 0.6) is 0 Å². The molecule has 2 heteroatoms. The Morgan fingerprint density at radius 2 is 2.07 bits per heavy atom. The van der Waals surface area contributed by atoms with Crippen molar-refractivity contribution >= 4 is 11.5 Å². The molecule has 0 amide bonds. The van der Waals surface area contributed by atoms with Gasteiger partial charge in [-0.1, -0.05) is 18.2 Å². The second kappa shape index (κ2) is 4.27. The number of carbonyl (C=O) groups is 1. The number of carbonyl (C=O) groups excluding carboxylic acids is 1. The average molecular weight is 189 g/mol. The van der Waals surface area contributed by atoms with Gasteiger partial charge in [-0.15, -0.1) is 0 Å². The summed E-state index contributed by atoms with van der Waals surface area (Å²) in [6.07, 6.45) is 2.60. The molecule has 74 valence electrons. The highest BCUT2D eigenvalue weighted by Gasteiger charge is 2.21. The fraction of sp³-hybridized carbons (Fsp3) is 0.417. The van der Waals surface area contributed by atoms with E-state index in [9.17, 15) is 4.79 Å². The van der Waals surface area contributed by atoms with Crippen molar-refractivity contribution in [1.82, 2.24) is 0 Å². The number of ketones is 1. The zero-order valence-corrected chi connectivity index (χ0v) is 8.20. The minimum atomic E-state index is 0.421. The highest BCUT2D eigenvalue weighted by atomic mass is 16.1. The Labute approximate surface area is 84.3 Å². The van der Waals surface area contributed by atoms with Crippen LogP contribution in [0.1, 0.15) is 19.3 Å². The maximum atomic E-state index is 11.0. The monoisotopic (exact) mass is 189 g/mol. The third-order valence-corrected chi connectivity index (χ3v) is 2.72. The van der Waals surface area contributed by atoms with E-state index in [1.54, 1.807) is 0 Å². The lowest BCUT2D eigenvalue weighted by Gasteiger charge is -2.10. The predicted octanol–water partition coefficient (Wildman–Crippen LogP) is 2.47. The molecule has 1 fully saturated rings. The van der Waals surface area contributed by atoms with Gasteiger partial charge in [0.25, 0.3) is 0 Å². The predicted molar refractivity (Wildman–Crippen MR) is 57.3 cm³/mol. The van der Waals surface area contributed by atoms with E-state index in [4.69, 9.17) is 0 Å². The van der Waals surface area contributed by atoms with E-state index in [1.807, 2.05) is 18.2 Å². The van der Waals surface area contributed by atoms with Crippen molar-refractivity contribution in [2.75, 3.05) is 11.9 Å². The lowest BCUT2D eigenvalue weighted by molar-refractivity contribution is -0.117. The second-order valence-electron chi connectivity index (χ2n) is 3.89. The van der Waals surface area contributed by atoms with Gasteiger partial charge in [0.15, 0.2) is 0 Å². The van der Waals surface area contributed by atoms with E-state index in [2.05, 4.69) is 17.4 Å². The number of benzene rings is 1. The van der Waals surface area contributed by atoms with Gasteiger partial charge in [0.2, 0.25) is 0 Å². The minimum Gasteiger partial charge on any atom is -0.385 e. The molecule has 1 saturated carbocycles. The SMILES string of the molecule is O=C1CCC(CNc2ccccc2)C1. The van der Waals surface area contributed by atoms with Crippen LogP contribution in [0.25, 0.3) is 0 Å². The normalized spacial score (nSPS) is 21.1. The van der Waals surface area contributed by atoms with Crippen molar-refractivity contribution in [3.05, 3.63) is 30.3 Å². The van der Waals surface area contributed by atoms with E-state index in [0.717, 1.165) is 31.5 Å². The van der Waals surface area contributed by atoms with Crippen LogP contribution in [0.15, 0.2) is 30.3 Å². The summed E-state index contributed by atoms with van der Waals surface area (Å²) in [6, 6.07) is 10.1. The van der Waals surface area contributed by atoms with E-state index in [1.165, 1.54) is 0 Å². The Morgan fingerprint density at radius 3 is 2.71 bits per heavy atom. The van der Waals surface area contributed by atoms with Crippen molar-refractivity contribution in [2.24, 2.45) is 5.92 Å². The summed E-state index contributed by atoms with van der Waals surface area (Å²) in [7, 11) is 0. The fourth-order valence-electron chi connectivity index (χ4n) is 1.88. The molecule has 1 aliphatic carbocycles. The Morgan fingerprint density at radius 1 is 1.29 bits per heavy atom. The summed E-state index contributed by atoms with van der Waals surface area (Å²) < 4.78 is 0. The first-order chi connectivity index (χ1) is 6.84. The smallest absolute Gasteiger partial charge is 0.133 e. The van der Waals surface area contributed by atoms with Crippen LogP contribution < -0.4 is 5.32 Å².